The zero-order valence-corrected chi connectivity index (χ0v) is 16.5. The van der Waals surface area contributed by atoms with Gasteiger partial charge in [0.25, 0.3) is 5.91 Å². The second kappa shape index (κ2) is 8.78. The number of aromatic nitrogens is 2. The molecule has 1 heterocycles. The number of carbonyl (C=O) groups is 1. The summed E-state index contributed by atoms with van der Waals surface area (Å²) < 4.78 is 31.9. The van der Waals surface area contributed by atoms with Gasteiger partial charge in [-0.3, -0.25) is 15.6 Å². The fourth-order valence-corrected chi connectivity index (χ4v) is 4.13. The summed E-state index contributed by atoms with van der Waals surface area (Å²) in [5.41, 5.74) is 5.79. The fourth-order valence-electron chi connectivity index (χ4n) is 2.42. The minimum Gasteiger partial charge on any atom is -0.481 e. The topological polar surface area (TPSA) is 114 Å². The molecule has 9 nitrogen and oxygen atoms in total. The zero-order chi connectivity index (χ0) is 20.0. The molecule has 0 radical (unpaired) electrons. The first-order chi connectivity index (χ1) is 12.8. The van der Waals surface area contributed by atoms with Crippen LogP contribution in [0.1, 0.15) is 29.8 Å². The largest absolute Gasteiger partial charge is 0.481 e. The van der Waals surface area contributed by atoms with Gasteiger partial charge in [0.1, 0.15) is 0 Å². The van der Waals surface area contributed by atoms with Crippen molar-refractivity contribution in [1.82, 2.24) is 19.7 Å². The number of hydrogen-bond acceptors (Lipinski definition) is 7. The number of amides is 1. The van der Waals surface area contributed by atoms with Crippen LogP contribution >= 0.6 is 0 Å². The molecule has 27 heavy (non-hydrogen) atoms. The Bertz CT molecular complexity index is 913. The molecule has 0 saturated carbocycles. The first-order valence-electron chi connectivity index (χ1n) is 8.37. The summed E-state index contributed by atoms with van der Waals surface area (Å²) in [5.74, 6) is -0.0344. The Hall–Kier alpha value is -2.72. The number of ether oxygens (including phenoxy) is 1. The highest BCUT2D eigenvalue weighted by molar-refractivity contribution is 7.89. The minimum absolute atomic E-state index is 0.108. The van der Waals surface area contributed by atoms with Gasteiger partial charge in [0, 0.05) is 30.9 Å². The maximum atomic E-state index is 12.8. The molecule has 1 amide bonds. The van der Waals surface area contributed by atoms with Crippen molar-refractivity contribution in [2.24, 2.45) is 0 Å². The Morgan fingerprint density at radius 1 is 1.22 bits per heavy atom. The molecule has 0 spiro atoms. The van der Waals surface area contributed by atoms with Crippen LogP contribution < -0.4 is 15.6 Å². The summed E-state index contributed by atoms with van der Waals surface area (Å²) >= 11 is 0. The fraction of sp³-hybridized carbons (Fsp3) is 0.353. The summed E-state index contributed by atoms with van der Waals surface area (Å²) in [7, 11) is -2.21. The average molecular weight is 393 g/mol. The first-order valence-corrected chi connectivity index (χ1v) is 9.81. The summed E-state index contributed by atoms with van der Waals surface area (Å²) in [4.78, 5) is 20.5. The first kappa shape index (κ1) is 20.6. The molecule has 1 aromatic heterocycles. The number of nitrogens with zero attached hydrogens (tertiary/aromatic N) is 3. The molecule has 146 valence electrons. The number of methoxy groups -OCH3 is 1. The van der Waals surface area contributed by atoms with Crippen molar-refractivity contribution in [2.75, 3.05) is 25.6 Å². The zero-order valence-electron chi connectivity index (χ0n) is 15.7. The third kappa shape index (κ3) is 4.72. The molecule has 0 aliphatic carbocycles. The van der Waals surface area contributed by atoms with Gasteiger partial charge >= 0.3 is 0 Å². The highest BCUT2D eigenvalue weighted by Crippen LogP contribution is 2.21. The van der Waals surface area contributed by atoms with E-state index < -0.39 is 15.9 Å². The lowest BCUT2D eigenvalue weighted by atomic mass is 10.1. The quantitative estimate of drug-likeness (QED) is 0.655. The molecule has 0 fully saturated rings. The predicted molar refractivity (Wildman–Crippen MR) is 101 cm³/mol. The van der Waals surface area contributed by atoms with Crippen LogP contribution in [-0.4, -0.2) is 48.8 Å². The van der Waals surface area contributed by atoms with Crippen LogP contribution in [0.15, 0.2) is 35.4 Å². The van der Waals surface area contributed by atoms with Gasteiger partial charge in [-0.15, -0.1) is 0 Å². The molecule has 0 unspecified atom stereocenters. The number of benzene rings is 1. The van der Waals surface area contributed by atoms with E-state index in [-0.39, 0.29) is 16.4 Å². The molecule has 2 N–H and O–H groups in total. The van der Waals surface area contributed by atoms with Crippen LogP contribution in [0.5, 0.6) is 5.88 Å². The van der Waals surface area contributed by atoms with Gasteiger partial charge in [0.05, 0.1) is 12.0 Å². The van der Waals surface area contributed by atoms with E-state index in [1.54, 1.807) is 39.0 Å². The van der Waals surface area contributed by atoms with E-state index in [2.05, 4.69) is 20.8 Å². The Kier molecular flexibility index (Phi) is 6.70. The van der Waals surface area contributed by atoms with Gasteiger partial charge in [-0.25, -0.2) is 13.4 Å². The van der Waals surface area contributed by atoms with Crippen molar-refractivity contribution in [3.8, 4) is 5.88 Å². The molecule has 0 saturated heterocycles. The summed E-state index contributed by atoms with van der Waals surface area (Å²) in [5, 5.41) is 0. The van der Waals surface area contributed by atoms with Gasteiger partial charge in [-0.2, -0.15) is 9.29 Å². The van der Waals surface area contributed by atoms with Crippen molar-refractivity contribution >= 4 is 21.9 Å². The SMILES string of the molecule is CCN(CC)S(=O)(=O)c1cc(C(=O)NNc2nccc(OC)n2)ccc1C. The van der Waals surface area contributed by atoms with E-state index in [1.807, 2.05) is 0 Å². The maximum Gasteiger partial charge on any atom is 0.269 e. The predicted octanol–water partition coefficient (Wildman–Crippen LogP) is 1.58. The van der Waals surface area contributed by atoms with Crippen molar-refractivity contribution < 1.29 is 17.9 Å². The monoisotopic (exact) mass is 393 g/mol. The van der Waals surface area contributed by atoms with Crippen LogP contribution in [0.4, 0.5) is 5.95 Å². The normalized spacial score (nSPS) is 11.3. The van der Waals surface area contributed by atoms with E-state index >= 15 is 0 Å². The molecule has 0 bridgehead atoms. The third-order valence-electron chi connectivity index (χ3n) is 3.90. The van der Waals surface area contributed by atoms with E-state index in [0.717, 1.165) is 0 Å². The Balaban J connectivity index is 2.22. The van der Waals surface area contributed by atoms with E-state index in [1.165, 1.54) is 23.7 Å². The third-order valence-corrected chi connectivity index (χ3v) is 6.09. The number of anilines is 1. The van der Waals surface area contributed by atoms with Gasteiger partial charge in [-0.1, -0.05) is 19.9 Å². The van der Waals surface area contributed by atoms with Crippen LogP contribution in [-0.2, 0) is 10.0 Å². The molecule has 0 aliphatic heterocycles. The van der Waals surface area contributed by atoms with Crippen molar-refractivity contribution in [3.63, 3.8) is 0 Å². The van der Waals surface area contributed by atoms with Crippen LogP contribution in [0.2, 0.25) is 0 Å². The lowest BCUT2D eigenvalue weighted by molar-refractivity contribution is 0.0962. The highest BCUT2D eigenvalue weighted by atomic mass is 32.2. The summed E-state index contributed by atoms with van der Waals surface area (Å²) in [6.07, 6.45) is 1.47. The smallest absolute Gasteiger partial charge is 0.269 e. The second-order valence-corrected chi connectivity index (χ2v) is 7.48. The lowest BCUT2D eigenvalue weighted by Gasteiger charge is -2.20. The molecule has 0 aliphatic rings. The van der Waals surface area contributed by atoms with Gasteiger partial charge in [0.2, 0.25) is 21.9 Å². The van der Waals surface area contributed by atoms with E-state index in [9.17, 15) is 13.2 Å². The summed E-state index contributed by atoms with van der Waals surface area (Å²) in [6.45, 7) is 5.93. The molecule has 2 rings (SSSR count). The number of sulfonamides is 1. The lowest BCUT2D eigenvalue weighted by Crippen LogP contribution is -2.32. The Morgan fingerprint density at radius 2 is 1.93 bits per heavy atom. The van der Waals surface area contributed by atoms with Crippen LogP contribution in [0.25, 0.3) is 0 Å². The number of nitrogens with one attached hydrogen (secondary N) is 2. The number of carbonyl (C=O) groups excluding carboxylic acids is 1. The highest BCUT2D eigenvalue weighted by Gasteiger charge is 2.24. The molecule has 10 heteroatoms. The molecule has 0 atom stereocenters. The van der Waals surface area contributed by atoms with Crippen LogP contribution in [0, 0.1) is 6.92 Å². The molecular formula is C17H23N5O4S. The number of aryl methyl sites for hydroxylation is 1. The maximum absolute atomic E-state index is 12.8. The Morgan fingerprint density at radius 3 is 2.56 bits per heavy atom. The van der Waals surface area contributed by atoms with Crippen LogP contribution in [0.3, 0.4) is 0 Å². The van der Waals surface area contributed by atoms with Gasteiger partial charge in [0.15, 0.2) is 0 Å². The molecule has 2 aromatic rings. The number of rotatable bonds is 8. The van der Waals surface area contributed by atoms with Gasteiger partial charge in [-0.05, 0) is 24.6 Å². The van der Waals surface area contributed by atoms with E-state index in [4.69, 9.17) is 4.74 Å². The van der Waals surface area contributed by atoms with Crippen molar-refractivity contribution in [2.45, 2.75) is 25.7 Å². The Labute approximate surface area is 158 Å². The van der Waals surface area contributed by atoms with Crippen molar-refractivity contribution in [3.05, 3.63) is 41.6 Å². The standard InChI is InChI=1S/C17H23N5O4S/c1-5-22(6-2)27(24,25)14-11-13(8-7-12(14)3)16(23)20-21-17-18-10-9-15(19-17)26-4/h7-11H,5-6H2,1-4H3,(H,20,23)(H,18,19,21). The van der Waals surface area contributed by atoms with Gasteiger partial charge < -0.3 is 4.74 Å². The van der Waals surface area contributed by atoms with E-state index in [0.29, 0.717) is 24.5 Å². The number of hydrogen-bond donors (Lipinski definition) is 2. The molecular weight excluding hydrogens is 370 g/mol. The average Bonchev–Trinajstić information content (AvgIpc) is 2.67. The minimum atomic E-state index is -3.67. The number of hydrazine groups is 1. The second-order valence-electron chi connectivity index (χ2n) is 5.57. The molecule has 1 aromatic carbocycles. The van der Waals surface area contributed by atoms with Crippen molar-refractivity contribution in [1.29, 1.82) is 0 Å². The summed E-state index contributed by atoms with van der Waals surface area (Å²) in [6, 6.07) is 6.09.